The number of rotatable bonds is 7. The first kappa shape index (κ1) is 17.5. The maximum atomic E-state index is 11.0. The van der Waals surface area contributed by atoms with E-state index >= 15 is 0 Å². The number of benzene rings is 3. The van der Waals surface area contributed by atoms with Gasteiger partial charge in [0.25, 0.3) is 0 Å². The van der Waals surface area contributed by atoms with Crippen molar-refractivity contribution in [2.24, 2.45) is 0 Å². The number of aromatic carboxylic acids is 1. The number of nitrogen functional groups attached to an aromatic ring is 1. The summed E-state index contributed by atoms with van der Waals surface area (Å²) in [6.07, 6.45) is 1.49. The predicted octanol–water partition coefficient (Wildman–Crippen LogP) is 4.33. The van der Waals surface area contributed by atoms with Crippen LogP contribution >= 0.6 is 0 Å². The van der Waals surface area contributed by atoms with Crippen molar-refractivity contribution in [2.75, 3.05) is 5.73 Å². The molecule has 0 saturated carbocycles. The second kappa shape index (κ2) is 8.21. The lowest BCUT2D eigenvalue weighted by Gasteiger charge is -2.12. The normalized spacial score (nSPS) is 10.5. The zero-order chi connectivity index (χ0) is 18.4. The van der Waals surface area contributed by atoms with E-state index in [0.29, 0.717) is 12.3 Å². The third kappa shape index (κ3) is 4.42. The topological polar surface area (TPSA) is 72.6 Å². The van der Waals surface area contributed by atoms with Gasteiger partial charge >= 0.3 is 5.97 Å². The third-order valence-electron chi connectivity index (χ3n) is 4.27. The molecule has 0 amide bonds. The Hall–Kier alpha value is -3.27. The molecule has 0 saturated heterocycles. The molecule has 0 aliphatic heterocycles. The van der Waals surface area contributed by atoms with Crippen LogP contribution in [0.4, 0.5) is 5.69 Å². The maximum absolute atomic E-state index is 11.0. The smallest absolute Gasteiger partial charge is 0.335 e. The highest BCUT2D eigenvalue weighted by molar-refractivity contribution is 5.89. The lowest BCUT2D eigenvalue weighted by atomic mass is 10.0. The molecular formula is C22H21NO3. The summed E-state index contributed by atoms with van der Waals surface area (Å²) in [5, 5.41) is 9.03. The number of anilines is 1. The highest BCUT2D eigenvalue weighted by Gasteiger charge is 2.08. The van der Waals surface area contributed by atoms with Crippen molar-refractivity contribution >= 4 is 11.7 Å². The van der Waals surface area contributed by atoms with Gasteiger partial charge in [-0.05, 0) is 47.7 Å². The fraction of sp³-hybridized carbons (Fsp3) is 0.136. The predicted molar refractivity (Wildman–Crippen MR) is 102 cm³/mol. The number of hydrogen-bond donors (Lipinski definition) is 2. The van der Waals surface area contributed by atoms with Gasteiger partial charge in [0, 0.05) is 5.69 Å². The van der Waals surface area contributed by atoms with E-state index in [-0.39, 0.29) is 5.56 Å². The van der Waals surface area contributed by atoms with Crippen LogP contribution < -0.4 is 10.5 Å². The van der Waals surface area contributed by atoms with Gasteiger partial charge in [-0.1, -0.05) is 54.6 Å². The van der Waals surface area contributed by atoms with Gasteiger partial charge in [-0.25, -0.2) is 4.79 Å². The number of carbonyl (C=O) groups is 1. The van der Waals surface area contributed by atoms with Crippen LogP contribution in [0.3, 0.4) is 0 Å². The van der Waals surface area contributed by atoms with Crippen molar-refractivity contribution in [2.45, 2.75) is 19.4 Å². The monoisotopic (exact) mass is 347 g/mol. The summed E-state index contributed by atoms with van der Waals surface area (Å²) in [6.45, 7) is 0.521. The summed E-state index contributed by atoms with van der Waals surface area (Å²) in [5.41, 5.74) is 9.88. The molecule has 3 aromatic rings. The van der Waals surface area contributed by atoms with Crippen molar-refractivity contribution in [3.05, 3.63) is 95.1 Å². The van der Waals surface area contributed by atoms with E-state index in [9.17, 15) is 4.79 Å². The van der Waals surface area contributed by atoms with Gasteiger partial charge in [0.2, 0.25) is 0 Å². The Kier molecular flexibility index (Phi) is 5.54. The quantitative estimate of drug-likeness (QED) is 0.624. The van der Waals surface area contributed by atoms with Gasteiger partial charge in [-0.15, -0.1) is 0 Å². The Balaban J connectivity index is 1.68. The molecule has 3 N–H and O–H groups in total. The number of hydrogen-bond acceptors (Lipinski definition) is 3. The lowest BCUT2D eigenvalue weighted by molar-refractivity contribution is 0.0697. The molecule has 3 rings (SSSR count). The summed E-state index contributed by atoms with van der Waals surface area (Å²) in [5.74, 6) is -0.111. The zero-order valence-corrected chi connectivity index (χ0v) is 14.4. The first-order valence-electron chi connectivity index (χ1n) is 8.50. The minimum Gasteiger partial charge on any atom is -0.489 e. The van der Waals surface area contributed by atoms with Crippen LogP contribution in [0.15, 0.2) is 72.8 Å². The molecule has 4 nitrogen and oxygen atoms in total. The van der Waals surface area contributed by atoms with Crippen molar-refractivity contribution in [3.8, 4) is 5.75 Å². The van der Waals surface area contributed by atoms with Crippen LogP contribution in [-0.4, -0.2) is 11.1 Å². The molecule has 0 aliphatic carbocycles. The number of aryl methyl sites for hydroxylation is 2. The summed E-state index contributed by atoms with van der Waals surface area (Å²) < 4.78 is 5.98. The Morgan fingerprint density at radius 1 is 0.885 bits per heavy atom. The Morgan fingerprint density at radius 2 is 1.58 bits per heavy atom. The summed E-state index contributed by atoms with van der Waals surface area (Å²) in [7, 11) is 0. The van der Waals surface area contributed by atoms with Crippen molar-refractivity contribution < 1.29 is 14.6 Å². The number of carboxylic acid groups (broad SMARTS) is 1. The first-order valence-corrected chi connectivity index (χ1v) is 8.50. The zero-order valence-electron chi connectivity index (χ0n) is 14.4. The van der Waals surface area contributed by atoms with E-state index in [1.165, 1.54) is 6.07 Å². The van der Waals surface area contributed by atoms with Gasteiger partial charge in [0.15, 0.2) is 0 Å². The van der Waals surface area contributed by atoms with Crippen LogP contribution in [0.1, 0.15) is 27.0 Å². The SMILES string of the molecule is Nc1cc(C(=O)O)ccc1CCc1ccccc1OCc1ccccc1. The molecule has 132 valence electrons. The van der Waals surface area contributed by atoms with E-state index < -0.39 is 5.97 Å². The van der Waals surface area contributed by atoms with Gasteiger partial charge in [-0.2, -0.15) is 0 Å². The maximum Gasteiger partial charge on any atom is 0.335 e. The number of ether oxygens (including phenoxy) is 1. The molecule has 0 spiro atoms. The highest BCUT2D eigenvalue weighted by Crippen LogP contribution is 2.23. The lowest BCUT2D eigenvalue weighted by Crippen LogP contribution is -2.03. The van der Waals surface area contributed by atoms with E-state index in [4.69, 9.17) is 15.6 Å². The summed E-state index contributed by atoms with van der Waals surface area (Å²) >= 11 is 0. The Bertz CT molecular complexity index is 891. The molecule has 0 bridgehead atoms. The van der Waals surface area contributed by atoms with Gasteiger partial charge < -0.3 is 15.6 Å². The molecule has 0 aromatic heterocycles. The molecule has 3 aromatic carbocycles. The number of nitrogens with two attached hydrogens (primary N) is 1. The first-order chi connectivity index (χ1) is 12.6. The molecule has 4 heteroatoms. The molecule has 0 fully saturated rings. The summed E-state index contributed by atoms with van der Waals surface area (Å²) in [4.78, 5) is 11.0. The number of para-hydroxylation sites is 1. The van der Waals surface area contributed by atoms with Crippen LogP contribution in [0, 0.1) is 0 Å². The molecule has 0 atom stereocenters. The number of carboxylic acids is 1. The fourth-order valence-corrected chi connectivity index (χ4v) is 2.81. The van der Waals surface area contributed by atoms with Gasteiger partial charge in [-0.3, -0.25) is 0 Å². The minimum atomic E-state index is -0.970. The standard InChI is InChI=1S/C22H21NO3/c23-20-14-19(22(24)25)13-11-17(20)10-12-18-8-4-5-9-21(18)26-15-16-6-2-1-3-7-16/h1-9,11,13-14H,10,12,15,23H2,(H,24,25). The molecule has 0 radical (unpaired) electrons. The fourth-order valence-electron chi connectivity index (χ4n) is 2.81. The molecule has 0 heterocycles. The van der Waals surface area contributed by atoms with Crippen molar-refractivity contribution in [1.82, 2.24) is 0 Å². The second-order valence-corrected chi connectivity index (χ2v) is 6.10. The molecular weight excluding hydrogens is 326 g/mol. The van der Waals surface area contributed by atoms with E-state index in [1.54, 1.807) is 12.1 Å². The Morgan fingerprint density at radius 3 is 2.31 bits per heavy atom. The largest absolute Gasteiger partial charge is 0.489 e. The Labute approximate surface area is 152 Å². The average molecular weight is 347 g/mol. The van der Waals surface area contributed by atoms with E-state index in [0.717, 1.165) is 35.3 Å². The average Bonchev–Trinajstić information content (AvgIpc) is 2.66. The van der Waals surface area contributed by atoms with Crippen LogP contribution in [0.5, 0.6) is 5.75 Å². The van der Waals surface area contributed by atoms with Crippen molar-refractivity contribution in [3.63, 3.8) is 0 Å². The van der Waals surface area contributed by atoms with Crippen LogP contribution in [0.25, 0.3) is 0 Å². The van der Waals surface area contributed by atoms with Crippen LogP contribution in [0.2, 0.25) is 0 Å². The van der Waals surface area contributed by atoms with Gasteiger partial charge in [0.1, 0.15) is 12.4 Å². The molecule has 0 unspecified atom stereocenters. The van der Waals surface area contributed by atoms with E-state index in [2.05, 4.69) is 0 Å². The minimum absolute atomic E-state index is 0.206. The molecule has 0 aliphatic rings. The highest BCUT2D eigenvalue weighted by atomic mass is 16.5. The van der Waals surface area contributed by atoms with E-state index in [1.807, 2.05) is 54.6 Å². The molecule has 26 heavy (non-hydrogen) atoms. The van der Waals surface area contributed by atoms with Crippen molar-refractivity contribution in [1.29, 1.82) is 0 Å². The van der Waals surface area contributed by atoms with Crippen LogP contribution in [-0.2, 0) is 19.4 Å². The third-order valence-corrected chi connectivity index (χ3v) is 4.27. The summed E-state index contributed by atoms with van der Waals surface area (Å²) in [6, 6.07) is 22.9. The second-order valence-electron chi connectivity index (χ2n) is 6.10. The van der Waals surface area contributed by atoms with Gasteiger partial charge in [0.05, 0.1) is 5.56 Å².